The van der Waals surface area contributed by atoms with Crippen molar-refractivity contribution in [3.63, 3.8) is 0 Å². The maximum Gasteiger partial charge on any atom is 0.244 e. The molecule has 0 bridgehead atoms. The average molecular weight is 217 g/mol. The van der Waals surface area contributed by atoms with Crippen LogP contribution in [0.2, 0.25) is 0 Å². The van der Waals surface area contributed by atoms with E-state index in [9.17, 15) is 4.79 Å². The molecular weight excluding hydrogens is 202 g/mol. The highest BCUT2D eigenvalue weighted by atomic mass is 16.2. The molecule has 4 nitrogen and oxygen atoms in total. The maximum atomic E-state index is 11.6. The Bertz CT molecular complexity index is 421. The number of carbonyl (C=O) groups excluding carboxylic acids is 1. The molecule has 1 N–H and O–H groups in total. The molecule has 1 rings (SSSR count). The number of amides is 1. The SMILES string of the molecule is CC(Nc1ccccc1C#N)C(=O)N(C)C. The minimum Gasteiger partial charge on any atom is -0.373 e. The fourth-order valence-electron chi connectivity index (χ4n) is 1.39. The van der Waals surface area contributed by atoms with Gasteiger partial charge in [-0.1, -0.05) is 12.1 Å². The zero-order valence-corrected chi connectivity index (χ0v) is 9.69. The summed E-state index contributed by atoms with van der Waals surface area (Å²) in [6, 6.07) is 8.87. The molecule has 1 amide bonds. The number of para-hydroxylation sites is 1. The molecule has 1 unspecified atom stereocenters. The third kappa shape index (κ3) is 2.74. The molecule has 0 saturated carbocycles. The van der Waals surface area contributed by atoms with Crippen LogP contribution >= 0.6 is 0 Å². The van der Waals surface area contributed by atoms with Crippen molar-refractivity contribution in [3.05, 3.63) is 29.8 Å². The smallest absolute Gasteiger partial charge is 0.244 e. The van der Waals surface area contributed by atoms with Crippen LogP contribution < -0.4 is 5.32 Å². The van der Waals surface area contributed by atoms with Gasteiger partial charge in [0, 0.05) is 14.1 Å². The quantitative estimate of drug-likeness (QED) is 0.833. The van der Waals surface area contributed by atoms with Crippen molar-refractivity contribution >= 4 is 11.6 Å². The van der Waals surface area contributed by atoms with Gasteiger partial charge in [0.05, 0.1) is 11.3 Å². The zero-order chi connectivity index (χ0) is 12.1. The van der Waals surface area contributed by atoms with Gasteiger partial charge in [-0.15, -0.1) is 0 Å². The van der Waals surface area contributed by atoms with Crippen molar-refractivity contribution in [1.82, 2.24) is 4.90 Å². The molecule has 0 saturated heterocycles. The van der Waals surface area contributed by atoms with Crippen LogP contribution in [0.4, 0.5) is 5.69 Å². The number of nitrogens with one attached hydrogen (secondary N) is 1. The van der Waals surface area contributed by atoms with Crippen molar-refractivity contribution in [2.45, 2.75) is 13.0 Å². The molecule has 0 heterocycles. The van der Waals surface area contributed by atoms with Crippen LogP contribution in [-0.2, 0) is 4.79 Å². The molecule has 0 fully saturated rings. The number of hydrogen-bond acceptors (Lipinski definition) is 3. The van der Waals surface area contributed by atoms with Crippen LogP contribution in [0, 0.1) is 11.3 Å². The average Bonchev–Trinajstić information content (AvgIpc) is 2.28. The Labute approximate surface area is 95.5 Å². The molecule has 1 atom stereocenters. The molecule has 0 aliphatic carbocycles. The minimum absolute atomic E-state index is 0.0206. The maximum absolute atomic E-state index is 11.6. The van der Waals surface area contributed by atoms with Gasteiger partial charge in [-0.2, -0.15) is 5.26 Å². The van der Waals surface area contributed by atoms with Gasteiger partial charge in [0.1, 0.15) is 12.1 Å². The first-order chi connectivity index (χ1) is 7.56. The van der Waals surface area contributed by atoms with E-state index in [0.29, 0.717) is 11.3 Å². The lowest BCUT2D eigenvalue weighted by Gasteiger charge is -2.19. The Morgan fingerprint density at radius 2 is 2.06 bits per heavy atom. The number of benzene rings is 1. The van der Waals surface area contributed by atoms with Gasteiger partial charge in [-0.25, -0.2) is 0 Å². The molecule has 84 valence electrons. The summed E-state index contributed by atoms with van der Waals surface area (Å²) in [4.78, 5) is 13.1. The first kappa shape index (κ1) is 12.1. The fourth-order valence-corrected chi connectivity index (χ4v) is 1.39. The van der Waals surface area contributed by atoms with E-state index in [-0.39, 0.29) is 11.9 Å². The van der Waals surface area contributed by atoms with Crippen LogP contribution in [0.1, 0.15) is 12.5 Å². The fraction of sp³-hybridized carbons (Fsp3) is 0.333. The predicted molar refractivity (Wildman–Crippen MR) is 62.9 cm³/mol. The van der Waals surface area contributed by atoms with E-state index in [1.54, 1.807) is 39.2 Å². The highest BCUT2D eigenvalue weighted by molar-refractivity contribution is 5.84. The van der Waals surface area contributed by atoms with E-state index in [2.05, 4.69) is 11.4 Å². The van der Waals surface area contributed by atoms with Crippen molar-refractivity contribution in [1.29, 1.82) is 5.26 Å². The van der Waals surface area contributed by atoms with Crippen LogP contribution in [0.5, 0.6) is 0 Å². The second kappa shape index (κ2) is 5.17. The number of nitriles is 1. The second-order valence-corrected chi connectivity index (χ2v) is 3.76. The Balaban J connectivity index is 2.81. The van der Waals surface area contributed by atoms with Crippen LogP contribution in [0.15, 0.2) is 24.3 Å². The van der Waals surface area contributed by atoms with Gasteiger partial charge in [-0.3, -0.25) is 4.79 Å². The first-order valence-electron chi connectivity index (χ1n) is 5.03. The summed E-state index contributed by atoms with van der Waals surface area (Å²) in [5.41, 5.74) is 1.23. The third-order valence-electron chi connectivity index (χ3n) is 2.23. The Morgan fingerprint density at radius 1 is 1.44 bits per heavy atom. The summed E-state index contributed by atoms with van der Waals surface area (Å²) in [6.07, 6.45) is 0. The topological polar surface area (TPSA) is 56.1 Å². The lowest BCUT2D eigenvalue weighted by molar-refractivity contribution is -0.129. The molecule has 0 aliphatic heterocycles. The largest absolute Gasteiger partial charge is 0.373 e. The van der Waals surface area contributed by atoms with E-state index >= 15 is 0 Å². The summed E-state index contributed by atoms with van der Waals surface area (Å²) in [5, 5.41) is 11.9. The van der Waals surface area contributed by atoms with Gasteiger partial charge in [0.15, 0.2) is 0 Å². The number of hydrogen-bond donors (Lipinski definition) is 1. The number of nitrogens with zero attached hydrogens (tertiary/aromatic N) is 2. The number of carbonyl (C=O) groups is 1. The van der Waals surface area contributed by atoms with Crippen molar-refractivity contribution < 1.29 is 4.79 Å². The lowest BCUT2D eigenvalue weighted by Crippen LogP contribution is -2.36. The highest BCUT2D eigenvalue weighted by Gasteiger charge is 2.15. The molecule has 0 aliphatic rings. The summed E-state index contributed by atoms with van der Waals surface area (Å²) < 4.78 is 0. The number of rotatable bonds is 3. The molecule has 16 heavy (non-hydrogen) atoms. The first-order valence-corrected chi connectivity index (χ1v) is 5.03. The van der Waals surface area contributed by atoms with Gasteiger partial charge in [-0.05, 0) is 19.1 Å². The van der Waals surface area contributed by atoms with Gasteiger partial charge in [0.2, 0.25) is 5.91 Å². The van der Waals surface area contributed by atoms with Crippen molar-refractivity contribution in [3.8, 4) is 6.07 Å². The van der Waals surface area contributed by atoms with E-state index < -0.39 is 0 Å². The summed E-state index contributed by atoms with van der Waals surface area (Å²) in [5.74, 6) is -0.0206. The van der Waals surface area contributed by atoms with Gasteiger partial charge >= 0.3 is 0 Å². The van der Waals surface area contributed by atoms with Gasteiger partial charge < -0.3 is 10.2 Å². The Hall–Kier alpha value is -2.02. The number of anilines is 1. The van der Waals surface area contributed by atoms with Crippen LogP contribution in [0.25, 0.3) is 0 Å². The Morgan fingerprint density at radius 3 is 2.62 bits per heavy atom. The Kier molecular flexibility index (Phi) is 3.90. The predicted octanol–water partition coefficient (Wildman–Crippen LogP) is 1.45. The highest BCUT2D eigenvalue weighted by Crippen LogP contribution is 2.14. The molecule has 0 spiro atoms. The lowest BCUT2D eigenvalue weighted by atomic mass is 10.1. The van der Waals surface area contributed by atoms with E-state index in [1.807, 2.05) is 6.07 Å². The minimum atomic E-state index is -0.343. The molecule has 0 aromatic heterocycles. The summed E-state index contributed by atoms with van der Waals surface area (Å²) >= 11 is 0. The molecule has 4 heteroatoms. The molecule has 1 aromatic carbocycles. The second-order valence-electron chi connectivity index (χ2n) is 3.76. The molecule has 0 radical (unpaired) electrons. The third-order valence-corrected chi connectivity index (χ3v) is 2.23. The zero-order valence-electron chi connectivity index (χ0n) is 9.69. The van der Waals surface area contributed by atoms with Crippen LogP contribution in [-0.4, -0.2) is 30.9 Å². The number of likely N-dealkylation sites (N-methyl/N-ethyl adjacent to an activating group) is 1. The summed E-state index contributed by atoms with van der Waals surface area (Å²) in [6.45, 7) is 1.77. The van der Waals surface area contributed by atoms with Crippen molar-refractivity contribution in [2.24, 2.45) is 0 Å². The van der Waals surface area contributed by atoms with Gasteiger partial charge in [0.25, 0.3) is 0 Å². The monoisotopic (exact) mass is 217 g/mol. The van der Waals surface area contributed by atoms with E-state index in [1.165, 1.54) is 4.90 Å². The normalized spacial score (nSPS) is 11.4. The van der Waals surface area contributed by atoms with Crippen molar-refractivity contribution in [2.75, 3.05) is 19.4 Å². The van der Waals surface area contributed by atoms with E-state index in [4.69, 9.17) is 5.26 Å². The molecular formula is C12H15N3O. The van der Waals surface area contributed by atoms with Crippen LogP contribution in [0.3, 0.4) is 0 Å². The standard InChI is InChI=1S/C12H15N3O/c1-9(12(16)15(2)3)14-11-7-5-4-6-10(11)8-13/h4-7,9,14H,1-3H3. The summed E-state index contributed by atoms with van der Waals surface area (Å²) in [7, 11) is 3.41. The molecule has 1 aromatic rings. The van der Waals surface area contributed by atoms with E-state index in [0.717, 1.165) is 0 Å².